The molecular weight excluding hydrogens is 953 g/mol. The van der Waals surface area contributed by atoms with Crippen LogP contribution in [0.2, 0.25) is 0 Å². The Labute approximate surface area is 361 Å². The number of nitrogens with two attached hydrogens (primary N) is 2. The Bertz CT molecular complexity index is 2990. The van der Waals surface area contributed by atoms with Gasteiger partial charge in [-0.3, -0.25) is 9.13 Å². The van der Waals surface area contributed by atoms with Crippen molar-refractivity contribution in [3.05, 3.63) is 81.0 Å². The Hall–Kier alpha value is -5.40. The molecule has 0 saturated carbocycles. The maximum atomic E-state index is 5.47. The summed E-state index contributed by atoms with van der Waals surface area (Å²) in [5, 5.41) is 2.77. The highest BCUT2D eigenvalue weighted by atomic mass is 79.9. The predicted octanol–water partition coefficient (Wildman–Crippen LogP) is 7.87. The van der Waals surface area contributed by atoms with E-state index in [1.165, 1.54) is 51.6 Å². The van der Waals surface area contributed by atoms with Crippen LogP contribution in [0.25, 0.3) is 52.2 Å². The molecule has 24 heteroatoms. The molecule has 10 heterocycles. The fraction of sp³-hybridized carbons (Fsp3) is 0.176. The highest BCUT2D eigenvalue weighted by molar-refractivity contribution is 9.10. The van der Waals surface area contributed by atoms with Crippen LogP contribution in [0.5, 0.6) is 11.8 Å². The lowest BCUT2D eigenvalue weighted by Gasteiger charge is -2.02. The van der Waals surface area contributed by atoms with Crippen molar-refractivity contribution in [2.75, 3.05) is 25.7 Å². The second kappa shape index (κ2) is 17.6. The van der Waals surface area contributed by atoms with E-state index in [0.717, 1.165) is 40.7 Å². The van der Waals surface area contributed by atoms with E-state index in [-0.39, 0.29) is 0 Å². The van der Waals surface area contributed by atoms with E-state index >= 15 is 0 Å². The zero-order valence-electron chi connectivity index (χ0n) is 31.2. The van der Waals surface area contributed by atoms with Crippen LogP contribution in [0.4, 0.5) is 10.3 Å². The second-order valence-corrected chi connectivity index (χ2v) is 17.3. The van der Waals surface area contributed by atoms with Gasteiger partial charge in [0.1, 0.15) is 9.21 Å². The number of rotatable bonds is 4. The number of hydrogen-bond donors (Lipinski definition) is 2. The first-order valence-electron chi connectivity index (χ1n) is 16.6. The normalized spacial score (nSPS) is 10.9. The van der Waals surface area contributed by atoms with Crippen molar-refractivity contribution in [3.63, 3.8) is 0 Å². The number of methoxy groups -OCH3 is 2. The molecular formula is C34H30Br2N16O2S4. The number of ether oxygens (including phenoxy) is 2. The molecule has 0 spiro atoms. The number of nitrogens with zero attached hydrogens (tertiary/aromatic N) is 14. The van der Waals surface area contributed by atoms with Crippen LogP contribution < -0.4 is 20.9 Å². The van der Waals surface area contributed by atoms with E-state index in [1.807, 2.05) is 0 Å². The van der Waals surface area contributed by atoms with E-state index in [4.69, 9.17) is 20.9 Å². The van der Waals surface area contributed by atoms with E-state index in [1.54, 1.807) is 44.1 Å². The summed E-state index contributed by atoms with van der Waals surface area (Å²) in [6, 6.07) is 8.31. The molecule has 18 nitrogen and oxygen atoms in total. The molecule has 0 fully saturated rings. The van der Waals surface area contributed by atoms with E-state index < -0.39 is 0 Å². The largest absolute Gasteiger partial charge is 0.480 e. The Kier molecular flexibility index (Phi) is 12.4. The molecule has 0 atom stereocenters. The van der Waals surface area contributed by atoms with Crippen molar-refractivity contribution in [1.82, 2.24) is 68.9 Å². The van der Waals surface area contributed by atoms with E-state index in [2.05, 4.69) is 153 Å². The third-order valence-electron chi connectivity index (χ3n) is 7.74. The van der Waals surface area contributed by atoms with E-state index in [9.17, 15) is 0 Å². The van der Waals surface area contributed by atoms with Crippen LogP contribution in [-0.2, 0) is 0 Å². The molecule has 0 aliphatic rings. The summed E-state index contributed by atoms with van der Waals surface area (Å²) in [5.74, 6) is 0.991. The number of halogens is 2. The van der Waals surface area contributed by atoms with Crippen molar-refractivity contribution in [1.29, 1.82) is 0 Å². The summed E-state index contributed by atoms with van der Waals surface area (Å²) in [4.78, 5) is 53.5. The number of fused-ring (bicyclic) bond motifs is 4. The van der Waals surface area contributed by atoms with Gasteiger partial charge in [-0.1, -0.05) is 45.3 Å². The summed E-state index contributed by atoms with van der Waals surface area (Å²) in [5.41, 5.74) is 18.1. The van der Waals surface area contributed by atoms with Crippen molar-refractivity contribution in [2.45, 2.75) is 27.7 Å². The maximum absolute atomic E-state index is 5.47. The van der Waals surface area contributed by atoms with Gasteiger partial charge in [0.05, 0.1) is 39.0 Å². The van der Waals surface area contributed by atoms with Crippen LogP contribution in [-0.4, -0.2) is 83.2 Å². The van der Waals surface area contributed by atoms with Crippen molar-refractivity contribution >= 4 is 129 Å². The second-order valence-electron chi connectivity index (χ2n) is 11.7. The third-order valence-corrected chi connectivity index (χ3v) is 11.9. The Balaban J connectivity index is 0.000000120. The van der Waals surface area contributed by atoms with Crippen LogP contribution in [0.15, 0.2) is 58.3 Å². The first-order valence-corrected chi connectivity index (χ1v) is 21.5. The molecule has 10 aromatic rings. The lowest BCUT2D eigenvalue weighted by atomic mass is 10.5. The highest BCUT2D eigenvalue weighted by Crippen LogP contribution is 2.28. The van der Waals surface area contributed by atoms with Crippen molar-refractivity contribution in [2.24, 2.45) is 0 Å². The van der Waals surface area contributed by atoms with Gasteiger partial charge in [0, 0.05) is 22.8 Å². The highest BCUT2D eigenvalue weighted by Gasteiger charge is 2.13. The molecule has 0 aromatic carbocycles. The van der Waals surface area contributed by atoms with Gasteiger partial charge < -0.3 is 20.9 Å². The van der Waals surface area contributed by atoms with Gasteiger partial charge in [-0.25, -0.2) is 29.9 Å². The first kappa shape index (κ1) is 40.8. The molecule has 0 bridgehead atoms. The Morgan fingerprint density at radius 2 is 0.793 bits per heavy atom. The number of anilines is 2. The third kappa shape index (κ3) is 9.16. The van der Waals surface area contributed by atoms with Crippen LogP contribution in [0, 0.1) is 27.7 Å². The monoisotopic (exact) mass is 980 g/mol. The van der Waals surface area contributed by atoms with Gasteiger partial charge in [0.15, 0.2) is 62.4 Å². The summed E-state index contributed by atoms with van der Waals surface area (Å²) < 4.78 is 15.6. The fourth-order valence-corrected chi connectivity index (χ4v) is 9.29. The fourth-order valence-electron chi connectivity index (χ4n) is 5.15. The quantitative estimate of drug-likeness (QED) is 0.171. The lowest BCUT2D eigenvalue weighted by molar-refractivity contribution is 0.398. The van der Waals surface area contributed by atoms with Gasteiger partial charge in [-0.05, 0) is 83.8 Å². The molecule has 58 heavy (non-hydrogen) atoms. The Morgan fingerprint density at radius 1 is 0.466 bits per heavy atom. The van der Waals surface area contributed by atoms with E-state index in [0.29, 0.717) is 54.0 Å². The van der Waals surface area contributed by atoms with Crippen molar-refractivity contribution in [3.8, 4) is 22.0 Å². The van der Waals surface area contributed by atoms with Gasteiger partial charge in [-0.2, -0.15) is 29.9 Å². The SMILES string of the molecule is COc1cnc2nc(-n3c(C)ccc3C)sc2n1.COc1cnc2nc(N)sc2n1.Cc1ccc(C)n1-c1nc2ncc(Br)nc2s1.Nc1nc2ncc(Br)nc2s1. The molecule has 0 aliphatic carbocycles. The molecule has 0 amide bonds. The molecule has 10 aromatic heterocycles. The molecule has 0 aliphatic heterocycles. The minimum Gasteiger partial charge on any atom is -0.480 e. The lowest BCUT2D eigenvalue weighted by Crippen LogP contribution is -1.97. The average molecular weight is 983 g/mol. The number of aryl methyl sites for hydroxylation is 4. The van der Waals surface area contributed by atoms with Crippen LogP contribution in [0.1, 0.15) is 22.8 Å². The number of hydrogen-bond acceptors (Lipinski definition) is 20. The molecule has 10 rings (SSSR count). The van der Waals surface area contributed by atoms with Crippen LogP contribution in [0.3, 0.4) is 0 Å². The molecule has 4 N–H and O–H groups in total. The molecule has 0 unspecified atom stereocenters. The van der Waals surface area contributed by atoms with Gasteiger partial charge in [0.25, 0.3) is 0 Å². The Morgan fingerprint density at radius 3 is 1.19 bits per heavy atom. The van der Waals surface area contributed by atoms with Crippen LogP contribution >= 0.6 is 77.2 Å². The summed E-state index contributed by atoms with van der Waals surface area (Å²) in [7, 11) is 3.12. The minimum absolute atomic E-state index is 0.471. The van der Waals surface area contributed by atoms with Crippen molar-refractivity contribution < 1.29 is 9.47 Å². The average Bonchev–Trinajstić information content (AvgIpc) is 4.06. The number of aromatic nitrogens is 14. The standard InChI is InChI=1S/C12H12N4OS.C11H9BrN4S.C6H6N4OS.C5H3BrN4S/c1-7-4-5-8(2)16(7)12-15-10-11(18-12)14-9(17-3)6-13-10;1-6-3-4-7(2)16(6)11-15-9-10(17-11)14-8(12)5-13-9;1-11-3-2-8-4-5(9-3)12-6(7)10-4;6-2-1-8-3-4(9-2)11-5(7)10-3/h4-6H,1-3H3;3-5H,1-2H3;2H,1H3,(H2,7,8,10);1H,(H2,7,8,10). The minimum atomic E-state index is 0.471. The predicted molar refractivity (Wildman–Crippen MR) is 236 cm³/mol. The molecule has 0 saturated heterocycles. The van der Waals surface area contributed by atoms with Gasteiger partial charge >= 0.3 is 0 Å². The summed E-state index contributed by atoms with van der Waals surface area (Å²) in [6.45, 7) is 8.24. The molecule has 296 valence electrons. The number of nitrogen functional groups attached to an aromatic ring is 2. The van der Waals surface area contributed by atoms with Gasteiger partial charge in [-0.15, -0.1) is 0 Å². The smallest absolute Gasteiger partial charge is 0.233 e. The zero-order valence-corrected chi connectivity index (χ0v) is 37.7. The number of thiazole rings is 4. The topological polar surface area (TPSA) is 235 Å². The van der Waals surface area contributed by atoms with Gasteiger partial charge in [0.2, 0.25) is 11.8 Å². The summed E-state index contributed by atoms with van der Waals surface area (Å²) in [6.07, 6.45) is 6.37. The summed E-state index contributed by atoms with van der Waals surface area (Å²) >= 11 is 12.2. The first-order chi connectivity index (χ1) is 27.9. The zero-order chi connectivity index (χ0) is 41.1. The maximum Gasteiger partial charge on any atom is 0.233 e. The molecule has 0 radical (unpaired) electrons.